The number of carbonyl (C=O) groups excluding carboxylic acids is 1. The minimum absolute atomic E-state index is 0.0109. The van der Waals surface area contributed by atoms with Gasteiger partial charge in [-0.05, 0) is 23.3 Å². The van der Waals surface area contributed by atoms with Gasteiger partial charge in [-0.1, -0.05) is 42.5 Å². The maximum Gasteiger partial charge on any atom is 0.226 e. The van der Waals surface area contributed by atoms with E-state index in [0.29, 0.717) is 26.3 Å². The van der Waals surface area contributed by atoms with Gasteiger partial charge in [0, 0.05) is 26.2 Å². The highest BCUT2D eigenvalue weighted by molar-refractivity contribution is 5.80. The standard InChI is InChI=1S/C22H27FN4O2/c23-18-8-6-16(7-9-18)20(27-10-12-29-13-11-27)15-24-22(28)19-14-25-26-21(19)17-4-2-1-3-5-17/h1-9,19-21,25-26H,10-15H2,(H,24,28). The van der Waals surface area contributed by atoms with Crippen molar-refractivity contribution in [1.29, 1.82) is 0 Å². The summed E-state index contributed by atoms with van der Waals surface area (Å²) in [4.78, 5) is 15.3. The van der Waals surface area contributed by atoms with Gasteiger partial charge in [0.25, 0.3) is 0 Å². The molecule has 0 radical (unpaired) electrons. The molecule has 3 N–H and O–H groups in total. The number of halogens is 1. The fourth-order valence-electron chi connectivity index (χ4n) is 4.08. The number of benzene rings is 2. The van der Waals surface area contributed by atoms with Gasteiger partial charge in [0.15, 0.2) is 0 Å². The van der Waals surface area contributed by atoms with Gasteiger partial charge in [-0.15, -0.1) is 0 Å². The molecule has 0 spiro atoms. The molecule has 3 atom stereocenters. The zero-order valence-corrected chi connectivity index (χ0v) is 16.3. The third-order valence-electron chi connectivity index (χ3n) is 5.69. The number of rotatable bonds is 6. The molecule has 0 bridgehead atoms. The summed E-state index contributed by atoms with van der Waals surface area (Å²) < 4.78 is 18.9. The van der Waals surface area contributed by atoms with Crippen LogP contribution in [0.2, 0.25) is 0 Å². The van der Waals surface area contributed by atoms with E-state index in [1.165, 1.54) is 12.1 Å². The first kappa shape index (κ1) is 20.0. The minimum atomic E-state index is -0.257. The van der Waals surface area contributed by atoms with Gasteiger partial charge in [0.1, 0.15) is 5.82 Å². The van der Waals surface area contributed by atoms with Gasteiger partial charge in [0.2, 0.25) is 5.91 Å². The van der Waals surface area contributed by atoms with E-state index < -0.39 is 0 Å². The molecular formula is C22H27FN4O2. The SMILES string of the molecule is O=C(NCC(c1ccc(F)cc1)N1CCOCC1)C1CNNC1c1ccccc1. The van der Waals surface area contributed by atoms with Crippen molar-refractivity contribution in [2.45, 2.75) is 12.1 Å². The van der Waals surface area contributed by atoms with E-state index >= 15 is 0 Å². The summed E-state index contributed by atoms with van der Waals surface area (Å²) in [6.07, 6.45) is 0. The first-order valence-corrected chi connectivity index (χ1v) is 10.1. The molecule has 0 aromatic heterocycles. The van der Waals surface area contributed by atoms with Crippen molar-refractivity contribution in [3.05, 3.63) is 71.5 Å². The van der Waals surface area contributed by atoms with Crippen LogP contribution in [0.25, 0.3) is 0 Å². The van der Waals surface area contributed by atoms with Gasteiger partial charge >= 0.3 is 0 Å². The monoisotopic (exact) mass is 398 g/mol. The van der Waals surface area contributed by atoms with Crippen molar-refractivity contribution in [1.82, 2.24) is 21.1 Å². The molecule has 6 nitrogen and oxygen atoms in total. The molecule has 154 valence electrons. The highest BCUT2D eigenvalue weighted by atomic mass is 19.1. The summed E-state index contributed by atoms with van der Waals surface area (Å²) in [5, 5.41) is 3.14. The largest absolute Gasteiger partial charge is 0.379 e. The predicted molar refractivity (Wildman–Crippen MR) is 108 cm³/mol. The Labute approximate surface area is 170 Å². The number of morpholine rings is 1. The smallest absolute Gasteiger partial charge is 0.226 e. The molecule has 1 amide bonds. The summed E-state index contributed by atoms with van der Waals surface area (Å²) in [5.41, 5.74) is 8.41. The minimum Gasteiger partial charge on any atom is -0.379 e. The number of amides is 1. The molecule has 2 aliphatic heterocycles. The van der Waals surface area contributed by atoms with E-state index in [9.17, 15) is 9.18 Å². The van der Waals surface area contributed by atoms with Crippen molar-refractivity contribution in [2.75, 3.05) is 39.4 Å². The molecule has 2 saturated heterocycles. The molecule has 2 fully saturated rings. The van der Waals surface area contributed by atoms with Crippen LogP contribution in [0.1, 0.15) is 23.2 Å². The first-order valence-electron chi connectivity index (χ1n) is 10.1. The number of nitrogens with one attached hydrogen (secondary N) is 3. The third kappa shape index (κ3) is 4.82. The Morgan fingerprint density at radius 1 is 1.14 bits per heavy atom. The fourth-order valence-corrected chi connectivity index (χ4v) is 4.08. The summed E-state index contributed by atoms with van der Waals surface area (Å²) >= 11 is 0. The van der Waals surface area contributed by atoms with Crippen LogP contribution < -0.4 is 16.2 Å². The lowest BCUT2D eigenvalue weighted by Crippen LogP contribution is -2.45. The van der Waals surface area contributed by atoms with Gasteiger partial charge in [-0.25, -0.2) is 9.82 Å². The summed E-state index contributed by atoms with van der Waals surface area (Å²) in [6, 6.07) is 16.4. The van der Waals surface area contributed by atoms with Crippen LogP contribution in [0.15, 0.2) is 54.6 Å². The Morgan fingerprint density at radius 3 is 2.59 bits per heavy atom. The maximum atomic E-state index is 13.4. The Hall–Kier alpha value is -2.32. The van der Waals surface area contributed by atoms with E-state index in [4.69, 9.17) is 4.74 Å². The lowest BCUT2D eigenvalue weighted by molar-refractivity contribution is -0.125. The van der Waals surface area contributed by atoms with Crippen LogP contribution in [0.5, 0.6) is 0 Å². The maximum absolute atomic E-state index is 13.4. The van der Waals surface area contributed by atoms with E-state index in [2.05, 4.69) is 21.1 Å². The number of hydrogen-bond donors (Lipinski definition) is 3. The van der Waals surface area contributed by atoms with Crippen molar-refractivity contribution < 1.29 is 13.9 Å². The molecule has 2 aromatic rings. The summed E-state index contributed by atoms with van der Waals surface area (Å²) in [5.74, 6) is -0.444. The molecule has 2 aliphatic rings. The zero-order chi connectivity index (χ0) is 20.1. The van der Waals surface area contributed by atoms with E-state index in [0.717, 1.165) is 24.2 Å². The molecule has 2 aromatic carbocycles. The van der Waals surface area contributed by atoms with E-state index in [-0.39, 0.29) is 29.7 Å². The second kappa shape index (κ2) is 9.45. The van der Waals surface area contributed by atoms with Crippen molar-refractivity contribution >= 4 is 5.91 Å². The van der Waals surface area contributed by atoms with Crippen LogP contribution in [-0.2, 0) is 9.53 Å². The second-order valence-electron chi connectivity index (χ2n) is 7.48. The topological polar surface area (TPSA) is 65.6 Å². The van der Waals surface area contributed by atoms with Crippen molar-refractivity contribution in [2.24, 2.45) is 5.92 Å². The molecule has 7 heteroatoms. The predicted octanol–water partition coefficient (Wildman–Crippen LogP) is 1.78. The van der Waals surface area contributed by atoms with Gasteiger partial charge in [-0.3, -0.25) is 15.1 Å². The summed E-state index contributed by atoms with van der Waals surface area (Å²) in [6.45, 7) is 3.96. The Balaban J connectivity index is 1.45. The molecular weight excluding hydrogens is 371 g/mol. The Bertz CT molecular complexity index is 796. The highest BCUT2D eigenvalue weighted by Crippen LogP contribution is 2.26. The molecule has 0 saturated carbocycles. The zero-order valence-electron chi connectivity index (χ0n) is 16.3. The van der Waals surface area contributed by atoms with Crippen LogP contribution in [0.3, 0.4) is 0 Å². The quantitative estimate of drug-likeness (QED) is 0.692. The van der Waals surface area contributed by atoms with Gasteiger partial charge in [0.05, 0.1) is 31.2 Å². The number of nitrogens with zero attached hydrogens (tertiary/aromatic N) is 1. The fraction of sp³-hybridized carbons (Fsp3) is 0.409. The summed E-state index contributed by atoms with van der Waals surface area (Å²) in [7, 11) is 0. The number of ether oxygens (including phenoxy) is 1. The number of hydrazine groups is 1. The van der Waals surface area contributed by atoms with Crippen LogP contribution >= 0.6 is 0 Å². The second-order valence-corrected chi connectivity index (χ2v) is 7.48. The van der Waals surface area contributed by atoms with Crippen LogP contribution in [0, 0.1) is 11.7 Å². The molecule has 0 aliphatic carbocycles. The Kier molecular flexibility index (Phi) is 6.51. The molecule has 29 heavy (non-hydrogen) atoms. The number of hydrogen-bond acceptors (Lipinski definition) is 5. The molecule has 4 rings (SSSR count). The van der Waals surface area contributed by atoms with Crippen molar-refractivity contribution in [3.63, 3.8) is 0 Å². The molecule has 2 heterocycles. The van der Waals surface area contributed by atoms with Crippen LogP contribution in [-0.4, -0.2) is 50.2 Å². The highest BCUT2D eigenvalue weighted by Gasteiger charge is 2.34. The van der Waals surface area contributed by atoms with Crippen molar-refractivity contribution in [3.8, 4) is 0 Å². The average molecular weight is 398 g/mol. The average Bonchev–Trinajstić information content (AvgIpc) is 3.26. The Morgan fingerprint density at radius 2 is 1.86 bits per heavy atom. The molecule has 3 unspecified atom stereocenters. The lowest BCUT2D eigenvalue weighted by Gasteiger charge is -2.35. The first-order chi connectivity index (χ1) is 14.2. The van der Waals surface area contributed by atoms with Gasteiger partial charge < -0.3 is 10.1 Å². The van der Waals surface area contributed by atoms with Crippen LogP contribution in [0.4, 0.5) is 4.39 Å². The number of carbonyl (C=O) groups is 1. The van der Waals surface area contributed by atoms with E-state index in [1.54, 1.807) is 12.1 Å². The normalized spacial score (nSPS) is 23.6. The van der Waals surface area contributed by atoms with Gasteiger partial charge in [-0.2, -0.15) is 0 Å². The van der Waals surface area contributed by atoms with E-state index in [1.807, 2.05) is 30.3 Å². The third-order valence-corrected chi connectivity index (χ3v) is 5.69. The lowest BCUT2D eigenvalue weighted by atomic mass is 9.94.